The maximum atomic E-state index is 13.7. The summed E-state index contributed by atoms with van der Waals surface area (Å²) < 4.78 is 32.5. The number of hydrogen-bond acceptors (Lipinski definition) is 2. The molecule has 0 amide bonds. The van der Waals surface area contributed by atoms with E-state index in [0.29, 0.717) is 0 Å². The molecule has 0 aliphatic rings. The van der Waals surface area contributed by atoms with E-state index in [9.17, 15) is 8.78 Å². The number of ether oxygens (including phenoxy) is 1. The lowest BCUT2D eigenvalue weighted by Gasteiger charge is -2.14. The second kappa shape index (κ2) is 5.55. The predicted octanol–water partition coefficient (Wildman–Crippen LogP) is 4.43. The van der Waals surface area contributed by atoms with Crippen LogP contribution in [0, 0.1) is 11.6 Å². The van der Waals surface area contributed by atoms with Gasteiger partial charge in [-0.2, -0.15) is 0 Å². The molecule has 0 spiro atoms. The summed E-state index contributed by atoms with van der Waals surface area (Å²) in [7, 11) is 0. The maximum absolute atomic E-state index is 13.7. The van der Waals surface area contributed by atoms with E-state index in [-0.39, 0.29) is 22.1 Å². The van der Waals surface area contributed by atoms with Crippen LogP contribution < -0.4 is 10.5 Å². The minimum atomic E-state index is -0.599. The summed E-state index contributed by atoms with van der Waals surface area (Å²) in [6.45, 7) is 1.65. The number of rotatable bonds is 3. The Hall–Kier alpha value is -1.65. The number of halogens is 3. The topological polar surface area (TPSA) is 35.2 Å². The molecule has 0 aromatic heterocycles. The van der Waals surface area contributed by atoms with E-state index in [1.165, 1.54) is 24.3 Å². The van der Waals surface area contributed by atoms with E-state index in [1.54, 1.807) is 13.0 Å². The van der Waals surface area contributed by atoms with Gasteiger partial charge in [0.1, 0.15) is 23.1 Å². The lowest BCUT2D eigenvalue weighted by atomic mass is 10.1. The van der Waals surface area contributed by atoms with E-state index in [0.717, 1.165) is 6.07 Å². The van der Waals surface area contributed by atoms with Gasteiger partial charge in [-0.05, 0) is 31.2 Å². The zero-order valence-electron chi connectivity index (χ0n) is 10.2. The highest BCUT2D eigenvalue weighted by Gasteiger charge is 2.14. The van der Waals surface area contributed by atoms with Crippen LogP contribution in [0.5, 0.6) is 11.5 Å². The highest BCUT2D eigenvalue weighted by Crippen LogP contribution is 2.31. The molecule has 19 heavy (non-hydrogen) atoms. The van der Waals surface area contributed by atoms with Crippen LogP contribution in [0.2, 0.25) is 5.02 Å². The SMILES string of the molecule is CC(N)c1c(F)cccc1Oc1ccc(Cl)c(F)c1. The molecule has 2 aromatic rings. The van der Waals surface area contributed by atoms with Crippen LogP contribution in [0.25, 0.3) is 0 Å². The summed E-state index contributed by atoms with van der Waals surface area (Å²) in [6, 6.07) is 7.86. The minimum absolute atomic E-state index is 0.000918. The van der Waals surface area contributed by atoms with Crippen molar-refractivity contribution >= 4 is 11.6 Å². The lowest BCUT2D eigenvalue weighted by Crippen LogP contribution is -2.09. The Morgan fingerprint density at radius 3 is 2.53 bits per heavy atom. The average Bonchev–Trinajstić information content (AvgIpc) is 2.33. The van der Waals surface area contributed by atoms with Crippen molar-refractivity contribution in [3.8, 4) is 11.5 Å². The highest BCUT2D eigenvalue weighted by atomic mass is 35.5. The molecular formula is C14H12ClF2NO. The van der Waals surface area contributed by atoms with E-state index in [4.69, 9.17) is 22.1 Å². The van der Waals surface area contributed by atoms with Crippen molar-refractivity contribution in [1.29, 1.82) is 0 Å². The third-order valence-corrected chi connectivity index (χ3v) is 2.89. The molecule has 0 aliphatic carbocycles. The second-order valence-corrected chi connectivity index (χ2v) is 4.53. The van der Waals surface area contributed by atoms with Gasteiger partial charge in [0.15, 0.2) is 0 Å². The number of hydrogen-bond donors (Lipinski definition) is 1. The van der Waals surface area contributed by atoms with Crippen molar-refractivity contribution in [2.24, 2.45) is 5.73 Å². The van der Waals surface area contributed by atoms with E-state index >= 15 is 0 Å². The van der Waals surface area contributed by atoms with Gasteiger partial charge in [-0.1, -0.05) is 17.7 Å². The molecule has 2 aromatic carbocycles. The summed E-state index contributed by atoms with van der Waals surface area (Å²) in [6.07, 6.45) is 0. The number of benzene rings is 2. The first-order chi connectivity index (χ1) is 8.99. The minimum Gasteiger partial charge on any atom is -0.457 e. The molecule has 0 saturated carbocycles. The summed E-state index contributed by atoms with van der Waals surface area (Å²) in [5.74, 6) is -0.564. The summed E-state index contributed by atoms with van der Waals surface area (Å²) in [5, 5.41) is -0.000918. The van der Waals surface area contributed by atoms with Crippen LogP contribution in [0.3, 0.4) is 0 Å². The van der Waals surface area contributed by atoms with E-state index < -0.39 is 17.7 Å². The van der Waals surface area contributed by atoms with Crippen molar-refractivity contribution in [3.63, 3.8) is 0 Å². The Morgan fingerprint density at radius 1 is 1.16 bits per heavy atom. The van der Waals surface area contributed by atoms with Crippen molar-refractivity contribution in [2.75, 3.05) is 0 Å². The predicted molar refractivity (Wildman–Crippen MR) is 70.5 cm³/mol. The normalized spacial score (nSPS) is 12.3. The molecule has 1 unspecified atom stereocenters. The summed E-state index contributed by atoms with van der Waals surface area (Å²) in [5.41, 5.74) is 5.96. The fourth-order valence-electron chi connectivity index (χ4n) is 1.72. The molecule has 2 N–H and O–H groups in total. The molecule has 2 nitrogen and oxygen atoms in total. The maximum Gasteiger partial charge on any atom is 0.145 e. The molecule has 2 rings (SSSR count). The smallest absolute Gasteiger partial charge is 0.145 e. The van der Waals surface area contributed by atoms with Gasteiger partial charge in [-0.15, -0.1) is 0 Å². The van der Waals surface area contributed by atoms with Crippen LogP contribution in [-0.2, 0) is 0 Å². The van der Waals surface area contributed by atoms with Crippen LogP contribution in [0.1, 0.15) is 18.5 Å². The quantitative estimate of drug-likeness (QED) is 0.904. The number of nitrogens with two attached hydrogens (primary N) is 1. The third kappa shape index (κ3) is 3.03. The summed E-state index contributed by atoms with van der Waals surface area (Å²) >= 11 is 5.58. The van der Waals surface area contributed by atoms with Crippen molar-refractivity contribution < 1.29 is 13.5 Å². The fraction of sp³-hybridized carbons (Fsp3) is 0.143. The largest absolute Gasteiger partial charge is 0.457 e. The Morgan fingerprint density at radius 2 is 1.89 bits per heavy atom. The molecule has 0 saturated heterocycles. The average molecular weight is 284 g/mol. The lowest BCUT2D eigenvalue weighted by molar-refractivity contribution is 0.456. The third-order valence-electron chi connectivity index (χ3n) is 2.59. The molecular weight excluding hydrogens is 272 g/mol. The first kappa shape index (κ1) is 13.8. The van der Waals surface area contributed by atoms with Crippen molar-refractivity contribution in [3.05, 3.63) is 58.6 Å². The Balaban J connectivity index is 2.38. The molecule has 0 aliphatic heterocycles. The molecule has 0 fully saturated rings. The Bertz CT molecular complexity index is 602. The van der Waals surface area contributed by atoms with Gasteiger partial charge in [0.05, 0.1) is 5.02 Å². The molecule has 1 atom stereocenters. The first-order valence-corrected chi connectivity index (χ1v) is 6.03. The standard InChI is InChI=1S/C14H12ClF2NO/c1-8(18)14-11(16)3-2-4-13(14)19-9-5-6-10(15)12(17)7-9/h2-8H,18H2,1H3. The van der Waals surface area contributed by atoms with Gasteiger partial charge < -0.3 is 10.5 Å². The first-order valence-electron chi connectivity index (χ1n) is 5.66. The van der Waals surface area contributed by atoms with Crippen LogP contribution in [-0.4, -0.2) is 0 Å². The molecule has 0 radical (unpaired) electrons. The van der Waals surface area contributed by atoms with Gasteiger partial charge in [-0.3, -0.25) is 0 Å². The van der Waals surface area contributed by atoms with E-state index in [1.807, 2.05) is 0 Å². The van der Waals surface area contributed by atoms with Gasteiger partial charge in [0, 0.05) is 17.7 Å². The Labute approximate surface area is 114 Å². The van der Waals surface area contributed by atoms with Crippen LogP contribution in [0.4, 0.5) is 8.78 Å². The van der Waals surface area contributed by atoms with E-state index in [2.05, 4.69) is 0 Å². The molecule has 0 bridgehead atoms. The van der Waals surface area contributed by atoms with Gasteiger partial charge in [0.25, 0.3) is 0 Å². The monoisotopic (exact) mass is 283 g/mol. The van der Waals surface area contributed by atoms with Gasteiger partial charge in [-0.25, -0.2) is 8.78 Å². The fourth-order valence-corrected chi connectivity index (χ4v) is 1.83. The molecule has 5 heteroatoms. The highest BCUT2D eigenvalue weighted by molar-refractivity contribution is 6.30. The molecule has 100 valence electrons. The van der Waals surface area contributed by atoms with Crippen LogP contribution in [0.15, 0.2) is 36.4 Å². The van der Waals surface area contributed by atoms with Crippen molar-refractivity contribution in [2.45, 2.75) is 13.0 Å². The zero-order valence-corrected chi connectivity index (χ0v) is 10.9. The Kier molecular flexibility index (Phi) is 4.02. The summed E-state index contributed by atoms with van der Waals surface area (Å²) in [4.78, 5) is 0. The second-order valence-electron chi connectivity index (χ2n) is 4.12. The molecule has 0 heterocycles. The zero-order chi connectivity index (χ0) is 14.0. The van der Waals surface area contributed by atoms with Gasteiger partial charge >= 0.3 is 0 Å². The van der Waals surface area contributed by atoms with Gasteiger partial charge in [0.2, 0.25) is 0 Å². The van der Waals surface area contributed by atoms with Crippen molar-refractivity contribution in [1.82, 2.24) is 0 Å². The van der Waals surface area contributed by atoms with Crippen LogP contribution >= 0.6 is 11.6 Å².